The summed E-state index contributed by atoms with van der Waals surface area (Å²) >= 11 is 0. The number of hydrogen-bond donors (Lipinski definition) is 0. The SMILES string of the molecule is Cc1cc(C)cc(-c2c(-c3ccccc3)oc(=O)n2-c2ccccc2)c1. The molecule has 0 fully saturated rings. The Morgan fingerprint density at radius 3 is 1.92 bits per heavy atom. The Balaban J connectivity index is 2.07. The number of para-hydroxylation sites is 1. The van der Waals surface area contributed by atoms with E-state index in [1.807, 2.05) is 60.7 Å². The smallest absolute Gasteiger partial charge is 0.407 e. The van der Waals surface area contributed by atoms with E-state index in [2.05, 4.69) is 32.0 Å². The van der Waals surface area contributed by atoms with Crippen molar-refractivity contribution in [2.75, 3.05) is 0 Å². The maximum absolute atomic E-state index is 12.8. The van der Waals surface area contributed by atoms with Crippen LogP contribution in [-0.2, 0) is 0 Å². The zero-order chi connectivity index (χ0) is 18.1. The second-order valence-electron chi connectivity index (χ2n) is 6.46. The minimum absolute atomic E-state index is 0.385. The molecule has 0 atom stereocenters. The quantitative estimate of drug-likeness (QED) is 0.501. The standard InChI is InChI=1S/C23H19NO2/c1-16-13-17(2)15-19(14-16)21-22(18-9-5-3-6-10-18)26-23(25)24(21)20-11-7-4-8-12-20/h3-15H,1-2H3. The van der Waals surface area contributed by atoms with Crippen molar-refractivity contribution in [1.29, 1.82) is 0 Å². The maximum Gasteiger partial charge on any atom is 0.424 e. The van der Waals surface area contributed by atoms with Crippen molar-refractivity contribution in [3.05, 3.63) is 101 Å². The molecule has 0 radical (unpaired) electrons. The largest absolute Gasteiger partial charge is 0.424 e. The molecule has 0 saturated carbocycles. The summed E-state index contributed by atoms with van der Waals surface area (Å²) in [5, 5.41) is 0. The van der Waals surface area contributed by atoms with Gasteiger partial charge in [0.25, 0.3) is 0 Å². The highest BCUT2D eigenvalue weighted by molar-refractivity contribution is 5.79. The third kappa shape index (κ3) is 2.88. The predicted octanol–water partition coefficient (Wildman–Crippen LogP) is 5.38. The second-order valence-corrected chi connectivity index (χ2v) is 6.46. The molecule has 0 aliphatic rings. The van der Waals surface area contributed by atoms with Crippen LogP contribution < -0.4 is 5.76 Å². The zero-order valence-corrected chi connectivity index (χ0v) is 14.8. The van der Waals surface area contributed by atoms with Crippen LogP contribution in [0.2, 0.25) is 0 Å². The Kier molecular flexibility index (Phi) is 4.05. The summed E-state index contributed by atoms with van der Waals surface area (Å²) in [5.74, 6) is 0.202. The topological polar surface area (TPSA) is 35.1 Å². The fourth-order valence-corrected chi connectivity index (χ4v) is 3.34. The van der Waals surface area contributed by atoms with Gasteiger partial charge >= 0.3 is 5.76 Å². The van der Waals surface area contributed by atoms with Gasteiger partial charge in [0.2, 0.25) is 0 Å². The third-order valence-electron chi connectivity index (χ3n) is 4.36. The number of oxazole rings is 1. The van der Waals surface area contributed by atoms with Gasteiger partial charge in [0.15, 0.2) is 5.76 Å². The van der Waals surface area contributed by atoms with Crippen LogP contribution in [0.25, 0.3) is 28.3 Å². The summed E-state index contributed by atoms with van der Waals surface area (Å²) in [5.41, 5.74) is 5.71. The number of hydrogen-bond acceptors (Lipinski definition) is 2. The van der Waals surface area contributed by atoms with E-state index >= 15 is 0 Å². The van der Waals surface area contributed by atoms with Crippen molar-refractivity contribution in [2.45, 2.75) is 13.8 Å². The van der Waals surface area contributed by atoms with Gasteiger partial charge in [-0.05, 0) is 38.1 Å². The molecule has 3 aromatic carbocycles. The Hall–Kier alpha value is -3.33. The van der Waals surface area contributed by atoms with Gasteiger partial charge in [-0.2, -0.15) is 0 Å². The molecule has 4 aromatic rings. The fraction of sp³-hybridized carbons (Fsp3) is 0.0870. The van der Waals surface area contributed by atoms with Crippen molar-refractivity contribution < 1.29 is 4.42 Å². The van der Waals surface area contributed by atoms with Crippen LogP contribution in [0.1, 0.15) is 11.1 Å². The molecule has 0 aliphatic heterocycles. The summed E-state index contributed by atoms with van der Waals surface area (Å²) in [6.45, 7) is 4.12. The van der Waals surface area contributed by atoms with Gasteiger partial charge < -0.3 is 4.42 Å². The van der Waals surface area contributed by atoms with E-state index in [9.17, 15) is 4.79 Å². The summed E-state index contributed by atoms with van der Waals surface area (Å²) < 4.78 is 7.38. The van der Waals surface area contributed by atoms with Crippen LogP contribution in [0.15, 0.2) is 88.1 Å². The minimum atomic E-state index is -0.385. The van der Waals surface area contributed by atoms with E-state index in [-0.39, 0.29) is 5.76 Å². The molecule has 0 saturated heterocycles. The molecular weight excluding hydrogens is 322 g/mol. The van der Waals surface area contributed by atoms with Gasteiger partial charge in [-0.3, -0.25) is 0 Å². The third-order valence-corrected chi connectivity index (χ3v) is 4.36. The van der Waals surface area contributed by atoms with Crippen LogP contribution >= 0.6 is 0 Å². The summed E-state index contributed by atoms with van der Waals surface area (Å²) in [7, 11) is 0. The molecule has 26 heavy (non-hydrogen) atoms. The van der Waals surface area contributed by atoms with Crippen LogP contribution in [0.4, 0.5) is 0 Å². The van der Waals surface area contributed by atoms with E-state index < -0.39 is 0 Å². The summed E-state index contributed by atoms with van der Waals surface area (Å²) in [4.78, 5) is 12.8. The molecule has 0 amide bonds. The van der Waals surface area contributed by atoms with E-state index in [1.54, 1.807) is 4.57 Å². The first kappa shape index (κ1) is 16.2. The van der Waals surface area contributed by atoms with E-state index in [4.69, 9.17) is 4.42 Å². The van der Waals surface area contributed by atoms with Gasteiger partial charge in [0, 0.05) is 11.1 Å². The molecule has 3 heteroatoms. The highest BCUT2D eigenvalue weighted by atomic mass is 16.4. The monoisotopic (exact) mass is 341 g/mol. The first-order chi connectivity index (χ1) is 12.6. The second kappa shape index (κ2) is 6.52. The van der Waals surface area contributed by atoms with Gasteiger partial charge in [-0.1, -0.05) is 65.7 Å². The number of rotatable bonds is 3. The molecule has 1 heterocycles. The average molecular weight is 341 g/mol. The van der Waals surface area contributed by atoms with Gasteiger partial charge in [0.05, 0.1) is 5.69 Å². The number of aryl methyl sites for hydroxylation is 2. The van der Waals surface area contributed by atoms with Gasteiger partial charge in [0.1, 0.15) is 5.69 Å². The Labute approximate surface area is 152 Å². The first-order valence-electron chi connectivity index (χ1n) is 8.59. The van der Waals surface area contributed by atoms with Crippen LogP contribution in [0.3, 0.4) is 0 Å². The molecule has 0 bridgehead atoms. The fourth-order valence-electron chi connectivity index (χ4n) is 3.34. The number of benzene rings is 3. The Bertz CT molecular complexity index is 1090. The molecule has 0 spiro atoms. The lowest BCUT2D eigenvalue weighted by atomic mass is 10.0. The lowest BCUT2D eigenvalue weighted by Crippen LogP contribution is -2.13. The van der Waals surface area contributed by atoms with Crippen molar-refractivity contribution in [1.82, 2.24) is 4.57 Å². The first-order valence-corrected chi connectivity index (χ1v) is 8.59. The summed E-state index contributed by atoms with van der Waals surface area (Å²) in [6, 6.07) is 25.7. The number of nitrogens with zero attached hydrogens (tertiary/aromatic N) is 1. The Morgan fingerprint density at radius 2 is 1.31 bits per heavy atom. The molecule has 0 N–H and O–H groups in total. The van der Waals surface area contributed by atoms with Crippen LogP contribution in [-0.4, -0.2) is 4.57 Å². The molecular formula is C23H19NO2. The van der Waals surface area contributed by atoms with E-state index in [1.165, 1.54) is 0 Å². The number of aromatic nitrogens is 1. The van der Waals surface area contributed by atoms with E-state index in [0.717, 1.165) is 33.6 Å². The van der Waals surface area contributed by atoms with Gasteiger partial charge in [-0.15, -0.1) is 0 Å². The average Bonchev–Trinajstić information content (AvgIpc) is 3.00. The zero-order valence-electron chi connectivity index (χ0n) is 14.8. The van der Waals surface area contributed by atoms with Crippen LogP contribution in [0, 0.1) is 13.8 Å². The molecule has 128 valence electrons. The maximum atomic E-state index is 12.8. The Morgan fingerprint density at radius 1 is 0.731 bits per heavy atom. The molecule has 4 rings (SSSR count). The normalized spacial score (nSPS) is 10.8. The van der Waals surface area contributed by atoms with Crippen LogP contribution in [0.5, 0.6) is 0 Å². The van der Waals surface area contributed by atoms with Crippen molar-refractivity contribution in [3.8, 4) is 28.3 Å². The van der Waals surface area contributed by atoms with E-state index in [0.29, 0.717) is 5.76 Å². The van der Waals surface area contributed by atoms with Crippen molar-refractivity contribution >= 4 is 0 Å². The lowest BCUT2D eigenvalue weighted by molar-refractivity contribution is 0.516. The molecule has 3 nitrogen and oxygen atoms in total. The molecule has 1 aromatic heterocycles. The predicted molar refractivity (Wildman–Crippen MR) is 105 cm³/mol. The lowest BCUT2D eigenvalue weighted by Gasteiger charge is -2.10. The molecule has 0 unspecified atom stereocenters. The van der Waals surface area contributed by atoms with Gasteiger partial charge in [-0.25, -0.2) is 9.36 Å². The summed E-state index contributed by atoms with van der Waals surface area (Å²) in [6.07, 6.45) is 0. The highest BCUT2D eigenvalue weighted by Crippen LogP contribution is 2.34. The highest BCUT2D eigenvalue weighted by Gasteiger charge is 2.21. The molecule has 0 aliphatic carbocycles. The van der Waals surface area contributed by atoms with Crippen molar-refractivity contribution in [3.63, 3.8) is 0 Å². The minimum Gasteiger partial charge on any atom is -0.407 e. The van der Waals surface area contributed by atoms with Crippen molar-refractivity contribution in [2.24, 2.45) is 0 Å².